The summed E-state index contributed by atoms with van der Waals surface area (Å²) in [6, 6.07) is 0. The van der Waals surface area contributed by atoms with Crippen LogP contribution in [0.5, 0.6) is 0 Å². The fraction of sp³-hybridized carbons (Fsp3) is 0.950. The van der Waals surface area contributed by atoms with Crippen molar-refractivity contribution in [1.82, 2.24) is 5.32 Å². The molecule has 0 aromatic carbocycles. The molecule has 0 spiro atoms. The van der Waals surface area contributed by atoms with Gasteiger partial charge in [-0.15, -0.1) is 0 Å². The smallest absolute Gasteiger partial charge is 0.342 e. The normalized spacial score (nSPS) is 11.1. The first-order valence-electron chi connectivity index (χ1n) is 10.4. The fourth-order valence-corrected chi connectivity index (χ4v) is 2.65. The lowest BCUT2D eigenvalue weighted by Crippen LogP contribution is -2.41. The zero-order valence-electron chi connectivity index (χ0n) is 17.0. The molecule has 158 valence electrons. The predicted molar refractivity (Wildman–Crippen MR) is 106 cm³/mol. The second-order valence-electron chi connectivity index (χ2n) is 6.98. The maximum absolute atomic E-state index is 10.3. The minimum atomic E-state index is -2.71. The molecule has 0 radical (unpaired) electrons. The molecular weight excluding hydrogens is 334 g/mol. The molecule has 0 aliphatic rings. The minimum absolute atomic E-state index is 0.345. The van der Waals surface area contributed by atoms with Gasteiger partial charge in [0.05, 0.1) is 0 Å². The molecule has 6 heteroatoms. The van der Waals surface area contributed by atoms with Crippen LogP contribution in [0.3, 0.4) is 0 Å². The van der Waals surface area contributed by atoms with Crippen molar-refractivity contribution in [2.45, 2.75) is 116 Å². The molecule has 0 aromatic rings. The van der Waals surface area contributed by atoms with E-state index in [0.29, 0.717) is 6.42 Å². The summed E-state index contributed by atoms with van der Waals surface area (Å²) < 4.78 is 0. The molecule has 0 rings (SSSR count). The largest absolute Gasteiger partial charge is 0.481 e. The standard InChI is InChI=1S/C18H36O2.C2H7NO3/c1-2-3-4-5-6-7-8-9-10-11-12-13-14-15-16-17-18(19)20;1-3-2(4,5)6/h2-17H2,1H3,(H,19,20);3-6H,1H3. The molecule has 0 saturated heterocycles. The number of carbonyl (C=O) groups is 1. The Hall–Kier alpha value is -0.690. The Balaban J connectivity index is 0. The molecule has 0 atom stereocenters. The summed E-state index contributed by atoms with van der Waals surface area (Å²) in [5.74, 6) is -0.653. The third-order valence-corrected chi connectivity index (χ3v) is 4.33. The number of unbranched alkanes of at least 4 members (excludes halogenated alkanes) is 14. The SMILES string of the molecule is CCCCCCCCCCCCCCCCCC(=O)O.CNC(O)(O)O. The Morgan fingerprint density at radius 3 is 1.19 bits per heavy atom. The number of rotatable bonds is 17. The van der Waals surface area contributed by atoms with Gasteiger partial charge in [0, 0.05) is 6.42 Å². The van der Waals surface area contributed by atoms with Gasteiger partial charge < -0.3 is 20.4 Å². The van der Waals surface area contributed by atoms with Gasteiger partial charge in [0.25, 0.3) is 0 Å². The number of carboxylic acids is 1. The van der Waals surface area contributed by atoms with Crippen LogP contribution in [0, 0.1) is 0 Å². The van der Waals surface area contributed by atoms with E-state index in [-0.39, 0.29) is 0 Å². The van der Waals surface area contributed by atoms with Gasteiger partial charge in [-0.25, -0.2) is 5.32 Å². The molecule has 0 aliphatic heterocycles. The summed E-state index contributed by atoms with van der Waals surface area (Å²) in [4.78, 5) is 10.3. The lowest BCUT2D eigenvalue weighted by atomic mass is 10.0. The van der Waals surface area contributed by atoms with Gasteiger partial charge in [-0.3, -0.25) is 4.79 Å². The molecular formula is C20H43NO5. The first-order valence-corrected chi connectivity index (χ1v) is 10.4. The monoisotopic (exact) mass is 377 g/mol. The molecule has 26 heavy (non-hydrogen) atoms. The van der Waals surface area contributed by atoms with E-state index in [2.05, 4.69) is 6.92 Å². The van der Waals surface area contributed by atoms with Gasteiger partial charge in [-0.05, 0) is 13.5 Å². The van der Waals surface area contributed by atoms with E-state index < -0.39 is 12.1 Å². The van der Waals surface area contributed by atoms with Gasteiger partial charge in [0.15, 0.2) is 0 Å². The Morgan fingerprint density at radius 1 is 0.692 bits per heavy atom. The number of nitrogens with one attached hydrogen (secondary N) is 1. The number of hydrogen-bond donors (Lipinski definition) is 5. The van der Waals surface area contributed by atoms with Crippen LogP contribution in [0.4, 0.5) is 0 Å². The molecule has 0 heterocycles. The first kappa shape index (κ1) is 27.5. The van der Waals surface area contributed by atoms with Crippen molar-refractivity contribution in [2.75, 3.05) is 7.05 Å². The highest BCUT2D eigenvalue weighted by atomic mass is 16.7. The molecule has 5 N–H and O–H groups in total. The number of aliphatic hydroxyl groups is 3. The molecule has 0 bridgehead atoms. The highest BCUT2D eigenvalue weighted by molar-refractivity contribution is 5.66. The number of aliphatic carboxylic acids is 1. The Labute approximate surface area is 160 Å². The van der Waals surface area contributed by atoms with Crippen LogP contribution in [-0.4, -0.2) is 39.5 Å². The molecule has 0 saturated carbocycles. The van der Waals surface area contributed by atoms with Crippen molar-refractivity contribution in [3.8, 4) is 0 Å². The molecule has 0 aromatic heterocycles. The van der Waals surface area contributed by atoms with Crippen molar-refractivity contribution in [3.05, 3.63) is 0 Å². The van der Waals surface area contributed by atoms with Gasteiger partial charge >= 0.3 is 12.1 Å². The molecule has 0 fully saturated rings. The van der Waals surface area contributed by atoms with Crippen LogP contribution in [0.25, 0.3) is 0 Å². The topological polar surface area (TPSA) is 110 Å². The second-order valence-corrected chi connectivity index (χ2v) is 6.98. The summed E-state index contributed by atoms with van der Waals surface area (Å²) in [7, 11) is 1.21. The average molecular weight is 378 g/mol. The second kappa shape index (κ2) is 20.6. The quantitative estimate of drug-likeness (QED) is 0.193. The van der Waals surface area contributed by atoms with Crippen LogP contribution in [0.1, 0.15) is 110 Å². The van der Waals surface area contributed by atoms with Crippen LogP contribution >= 0.6 is 0 Å². The van der Waals surface area contributed by atoms with Crippen molar-refractivity contribution >= 4 is 5.97 Å². The highest BCUT2D eigenvalue weighted by Crippen LogP contribution is 2.13. The summed E-state index contributed by atoms with van der Waals surface area (Å²) in [6.07, 6.45) is 17.5. The maximum Gasteiger partial charge on any atom is 0.342 e. The maximum atomic E-state index is 10.3. The Bertz CT molecular complexity index is 292. The van der Waals surface area contributed by atoms with Crippen molar-refractivity contribution in [1.29, 1.82) is 0 Å². The van der Waals surface area contributed by atoms with Crippen molar-refractivity contribution < 1.29 is 25.2 Å². The van der Waals surface area contributed by atoms with E-state index in [9.17, 15) is 4.79 Å². The molecule has 6 nitrogen and oxygen atoms in total. The van der Waals surface area contributed by atoms with Gasteiger partial charge in [-0.1, -0.05) is 96.8 Å². The fourth-order valence-electron chi connectivity index (χ4n) is 2.65. The minimum Gasteiger partial charge on any atom is -0.481 e. The van der Waals surface area contributed by atoms with Gasteiger partial charge in [0.1, 0.15) is 0 Å². The van der Waals surface area contributed by atoms with E-state index in [1.807, 2.05) is 0 Å². The van der Waals surface area contributed by atoms with E-state index in [0.717, 1.165) is 12.8 Å². The zero-order valence-corrected chi connectivity index (χ0v) is 17.0. The van der Waals surface area contributed by atoms with E-state index in [1.165, 1.54) is 90.5 Å². The van der Waals surface area contributed by atoms with E-state index in [4.69, 9.17) is 20.4 Å². The van der Waals surface area contributed by atoms with Crippen LogP contribution in [0.15, 0.2) is 0 Å². The van der Waals surface area contributed by atoms with Crippen LogP contribution < -0.4 is 5.32 Å². The van der Waals surface area contributed by atoms with Crippen molar-refractivity contribution in [3.63, 3.8) is 0 Å². The number of hydrogen-bond acceptors (Lipinski definition) is 5. The van der Waals surface area contributed by atoms with E-state index >= 15 is 0 Å². The van der Waals surface area contributed by atoms with E-state index in [1.54, 1.807) is 5.32 Å². The summed E-state index contributed by atoms with van der Waals surface area (Å²) in [5, 5.41) is 33.8. The average Bonchev–Trinajstić information content (AvgIpc) is 2.58. The third kappa shape index (κ3) is 31.1. The molecule has 0 unspecified atom stereocenters. The Kier molecular flexibility index (Phi) is 21.8. The Morgan fingerprint density at radius 2 is 0.962 bits per heavy atom. The lowest BCUT2D eigenvalue weighted by Gasteiger charge is -2.09. The lowest BCUT2D eigenvalue weighted by molar-refractivity contribution is -0.328. The third-order valence-electron chi connectivity index (χ3n) is 4.33. The first-order chi connectivity index (χ1) is 12.3. The molecule has 0 aliphatic carbocycles. The van der Waals surface area contributed by atoms with Crippen molar-refractivity contribution in [2.24, 2.45) is 0 Å². The van der Waals surface area contributed by atoms with Crippen LogP contribution in [-0.2, 0) is 4.79 Å². The number of carboxylic acid groups (broad SMARTS) is 1. The van der Waals surface area contributed by atoms with Crippen LogP contribution in [0.2, 0.25) is 0 Å². The summed E-state index contributed by atoms with van der Waals surface area (Å²) in [5.41, 5.74) is 0. The van der Waals surface area contributed by atoms with Gasteiger partial charge in [0.2, 0.25) is 0 Å². The summed E-state index contributed by atoms with van der Waals surface area (Å²) in [6.45, 7) is 2.27. The highest BCUT2D eigenvalue weighted by Gasteiger charge is 2.11. The zero-order chi connectivity index (χ0) is 20.1. The van der Waals surface area contributed by atoms with Gasteiger partial charge in [-0.2, -0.15) is 0 Å². The molecule has 0 amide bonds. The predicted octanol–water partition coefficient (Wildman–Crippen LogP) is 4.13. The summed E-state index contributed by atoms with van der Waals surface area (Å²) >= 11 is 0.